The van der Waals surface area contributed by atoms with Crippen LogP contribution in [0.1, 0.15) is 30.7 Å². The minimum atomic E-state index is -0.392. The standard InChI is InChI=1S/C17H19ClN2O3/c1-12(21)19-16(13-5-7-14(18)8-6-13)10-17(22)20(2)11-15-4-3-9-23-15/h3-9,16H,10-11H2,1-2H3,(H,19,21)/t16-/m0/s1. The zero-order valence-corrected chi connectivity index (χ0v) is 13.8. The molecule has 0 spiro atoms. The van der Waals surface area contributed by atoms with E-state index in [1.165, 1.54) is 6.92 Å². The molecule has 2 amide bonds. The van der Waals surface area contributed by atoms with Crippen LogP contribution in [0.3, 0.4) is 0 Å². The second kappa shape index (κ2) is 7.83. The van der Waals surface area contributed by atoms with Crippen LogP contribution in [0.25, 0.3) is 0 Å². The Hall–Kier alpha value is -2.27. The monoisotopic (exact) mass is 334 g/mol. The second-order valence-electron chi connectivity index (χ2n) is 5.34. The summed E-state index contributed by atoms with van der Waals surface area (Å²) < 4.78 is 5.24. The number of halogens is 1. The SMILES string of the molecule is CC(=O)N[C@@H](CC(=O)N(C)Cc1ccco1)c1ccc(Cl)cc1. The molecule has 0 saturated carbocycles. The van der Waals surface area contributed by atoms with Crippen molar-refractivity contribution >= 4 is 23.4 Å². The Morgan fingerprint density at radius 2 is 1.96 bits per heavy atom. The number of nitrogens with one attached hydrogen (secondary N) is 1. The lowest BCUT2D eigenvalue weighted by Crippen LogP contribution is -2.33. The van der Waals surface area contributed by atoms with Gasteiger partial charge in [-0.05, 0) is 29.8 Å². The smallest absolute Gasteiger partial charge is 0.225 e. The summed E-state index contributed by atoms with van der Waals surface area (Å²) in [5.74, 6) is 0.435. The molecular formula is C17H19ClN2O3. The normalized spacial score (nSPS) is 11.8. The van der Waals surface area contributed by atoms with Crippen LogP contribution in [0.2, 0.25) is 5.02 Å². The first-order valence-electron chi connectivity index (χ1n) is 7.24. The largest absolute Gasteiger partial charge is 0.467 e. The average molecular weight is 335 g/mol. The van der Waals surface area contributed by atoms with Crippen LogP contribution in [0.4, 0.5) is 0 Å². The van der Waals surface area contributed by atoms with E-state index in [9.17, 15) is 9.59 Å². The third-order valence-corrected chi connectivity index (χ3v) is 3.68. The summed E-state index contributed by atoms with van der Waals surface area (Å²) in [5.41, 5.74) is 0.837. The van der Waals surface area contributed by atoms with Crippen LogP contribution < -0.4 is 5.32 Å². The number of amides is 2. The van der Waals surface area contributed by atoms with Gasteiger partial charge in [-0.2, -0.15) is 0 Å². The molecular weight excluding hydrogens is 316 g/mol. The molecule has 1 atom stereocenters. The number of benzene rings is 1. The molecule has 2 rings (SSSR count). The van der Waals surface area contributed by atoms with Crippen LogP contribution in [0.5, 0.6) is 0 Å². The van der Waals surface area contributed by atoms with Crippen molar-refractivity contribution < 1.29 is 14.0 Å². The number of hydrogen-bond acceptors (Lipinski definition) is 3. The highest BCUT2D eigenvalue weighted by Gasteiger charge is 2.20. The molecule has 0 radical (unpaired) electrons. The summed E-state index contributed by atoms with van der Waals surface area (Å²) in [6, 6.07) is 10.3. The van der Waals surface area contributed by atoms with Gasteiger partial charge in [-0.15, -0.1) is 0 Å². The van der Waals surface area contributed by atoms with Crippen LogP contribution in [0, 0.1) is 0 Å². The molecule has 5 nitrogen and oxygen atoms in total. The Balaban J connectivity index is 2.05. The van der Waals surface area contributed by atoms with E-state index >= 15 is 0 Å². The van der Waals surface area contributed by atoms with Gasteiger partial charge in [0, 0.05) is 19.0 Å². The molecule has 6 heteroatoms. The summed E-state index contributed by atoms with van der Waals surface area (Å²) in [4.78, 5) is 25.4. The van der Waals surface area contributed by atoms with E-state index in [1.54, 1.807) is 36.4 Å². The minimum absolute atomic E-state index is 0.0879. The molecule has 1 aromatic heterocycles. The topological polar surface area (TPSA) is 62.6 Å². The molecule has 1 N–H and O–H groups in total. The minimum Gasteiger partial charge on any atom is -0.467 e. The lowest BCUT2D eigenvalue weighted by Gasteiger charge is -2.22. The highest BCUT2D eigenvalue weighted by atomic mass is 35.5. The number of furan rings is 1. The second-order valence-corrected chi connectivity index (χ2v) is 5.77. The van der Waals surface area contributed by atoms with Crippen LogP contribution in [0.15, 0.2) is 47.1 Å². The van der Waals surface area contributed by atoms with Crippen LogP contribution in [-0.2, 0) is 16.1 Å². The van der Waals surface area contributed by atoms with E-state index in [2.05, 4.69) is 5.32 Å². The van der Waals surface area contributed by atoms with E-state index in [1.807, 2.05) is 18.2 Å². The predicted molar refractivity (Wildman–Crippen MR) is 87.8 cm³/mol. The molecule has 0 unspecified atom stereocenters. The summed E-state index contributed by atoms with van der Waals surface area (Å²) in [5, 5.41) is 3.42. The molecule has 0 fully saturated rings. The van der Waals surface area contributed by atoms with E-state index < -0.39 is 6.04 Å². The maximum Gasteiger partial charge on any atom is 0.225 e. The highest BCUT2D eigenvalue weighted by Crippen LogP contribution is 2.20. The molecule has 0 bridgehead atoms. The Labute approximate surface area is 140 Å². The fourth-order valence-electron chi connectivity index (χ4n) is 2.25. The van der Waals surface area contributed by atoms with Gasteiger partial charge in [0.1, 0.15) is 5.76 Å². The average Bonchev–Trinajstić information content (AvgIpc) is 2.99. The Kier molecular flexibility index (Phi) is 5.82. The van der Waals surface area contributed by atoms with Crippen LogP contribution >= 0.6 is 11.6 Å². The fraction of sp³-hybridized carbons (Fsp3) is 0.294. The van der Waals surface area contributed by atoms with E-state index in [0.29, 0.717) is 17.3 Å². The molecule has 2 aromatic rings. The molecule has 0 aliphatic carbocycles. The first-order chi connectivity index (χ1) is 11.0. The van der Waals surface area contributed by atoms with Crippen molar-refractivity contribution in [3.05, 3.63) is 59.0 Å². The number of nitrogens with zero attached hydrogens (tertiary/aromatic N) is 1. The summed E-state index contributed by atoms with van der Waals surface area (Å²) in [7, 11) is 1.71. The lowest BCUT2D eigenvalue weighted by molar-refractivity contribution is -0.131. The van der Waals surface area contributed by atoms with Crippen molar-refractivity contribution in [1.82, 2.24) is 10.2 Å². The summed E-state index contributed by atoms with van der Waals surface area (Å²) in [6.07, 6.45) is 1.74. The Morgan fingerprint density at radius 1 is 1.26 bits per heavy atom. The van der Waals surface area contributed by atoms with Crippen molar-refractivity contribution in [1.29, 1.82) is 0 Å². The van der Waals surface area contributed by atoms with Crippen molar-refractivity contribution in [2.45, 2.75) is 25.9 Å². The predicted octanol–water partition coefficient (Wildman–Crippen LogP) is 3.16. The third kappa shape index (κ3) is 5.14. The van der Waals surface area contributed by atoms with Gasteiger partial charge in [0.05, 0.1) is 25.3 Å². The van der Waals surface area contributed by atoms with Gasteiger partial charge in [0.15, 0.2) is 0 Å². The fourth-order valence-corrected chi connectivity index (χ4v) is 2.37. The molecule has 0 aliphatic heterocycles. The van der Waals surface area contributed by atoms with Crippen molar-refractivity contribution in [2.24, 2.45) is 0 Å². The summed E-state index contributed by atoms with van der Waals surface area (Å²) in [6.45, 7) is 1.82. The number of hydrogen-bond donors (Lipinski definition) is 1. The Bertz CT molecular complexity index is 653. The van der Waals surface area contributed by atoms with E-state index in [0.717, 1.165) is 5.56 Å². The van der Waals surface area contributed by atoms with Gasteiger partial charge >= 0.3 is 0 Å². The van der Waals surface area contributed by atoms with Gasteiger partial charge in [0.25, 0.3) is 0 Å². The number of carbonyl (C=O) groups is 2. The molecule has 0 saturated heterocycles. The number of rotatable bonds is 6. The maximum absolute atomic E-state index is 12.4. The van der Waals surface area contributed by atoms with E-state index in [-0.39, 0.29) is 18.2 Å². The van der Waals surface area contributed by atoms with Gasteiger partial charge in [0.2, 0.25) is 11.8 Å². The Morgan fingerprint density at radius 3 is 2.52 bits per heavy atom. The molecule has 122 valence electrons. The zero-order valence-electron chi connectivity index (χ0n) is 13.1. The van der Waals surface area contributed by atoms with Crippen molar-refractivity contribution in [3.8, 4) is 0 Å². The van der Waals surface area contributed by atoms with Gasteiger partial charge in [-0.3, -0.25) is 9.59 Å². The zero-order chi connectivity index (χ0) is 16.8. The van der Waals surface area contributed by atoms with E-state index in [4.69, 9.17) is 16.0 Å². The van der Waals surface area contributed by atoms with Crippen molar-refractivity contribution in [3.63, 3.8) is 0 Å². The molecule has 1 aromatic carbocycles. The van der Waals surface area contributed by atoms with Crippen LogP contribution in [-0.4, -0.2) is 23.8 Å². The first-order valence-corrected chi connectivity index (χ1v) is 7.62. The molecule has 0 aliphatic rings. The molecule has 23 heavy (non-hydrogen) atoms. The van der Waals surface area contributed by atoms with Gasteiger partial charge < -0.3 is 14.6 Å². The molecule has 1 heterocycles. The summed E-state index contributed by atoms with van der Waals surface area (Å²) >= 11 is 5.88. The highest BCUT2D eigenvalue weighted by molar-refractivity contribution is 6.30. The van der Waals surface area contributed by atoms with Gasteiger partial charge in [-0.1, -0.05) is 23.7 Å². The number of carbonyl (C=O) groups excluding carboxylic acids is 2. The third-order valence-electron chi connectivity index (χ3n) is 3.43. The van der Waals surface area contributed by atoms with Crippen molar-refractivity contribution in [2.75, 3.05) is 7.05 Å². The quantitative estimate of drug-likeness (QED) is 0.882. The lowest BCUT2D eigenvalue weighted by atomic mass is 10.0. The first kappa shape index (κ1) is 17.1. The maximum atomic E-state index is 12.4. The van der Waals surface area contributed by atoms with Gasteiger partial charge in [-0.25, -0.2) is 0 Å².